The third-order valence-corrected chi connectivity index (χ3v) is 1.63. The number of carbonyl (C=O) groups is 1. The van der Waals surface area contributed by atoms with Gasteiger partial charge < -0.3 is 4.52 Å². The lowest BCUT2D eigenvalue weighted by atomic mass is 10.1. The van der Waals surface area contributed by atoms with E-state index in [1.165, 1.54) is 6.26 Å². The van der Waals surface area contributed by atoms with Gasteiger partial charge in [0.05, 0.1) is 0 Å². The SMILES string of the molecule is O=C(c1ccccc1)c1conn1. The molecule has 13 heavy (non-hydrogen) atoms. The van der Waals surface area contributed by atoms with Crippen LogP contribution < -0.4 is 0 Å². The minimum Gasteiger partial charge on any atom is -0.345 e. The molecule has 2 rings (SSSR count). The maximum atomic E-state index is 11.5. The monoisotopic (exact) mass is 174 g/mol. The molecule has 0 aliphatic heterocycles. The summed E-state index contributed by atoms with van der Waals surface area (Å²) in [6.07, 6.45) is 1.23. The van der Waals surface area contributed by atoms with Crippen LogP contribution >= 0.6 is 0 Å². The summed E-state index contributed by atoms with van der Waals surface area (Å²) in [5.41, 5.74) is 0.810. The van der Waals surface area contributed by atoms with Gasteiger partial charge in [0.2, 0.25) is 5.78 Å². The van der Waals surface area contributed by atoms with E-state index >= 15 is 0 Å². The predicted molar refractivity (Wildman–Crippen MR) is 44.2 cm³/mol. The molecular formula is C9H6N2O2. The Balaban J connectivity index is 2.34. The molecule has 4 nitrogen and oxygen atoms in total. The van der Waals surface area contributed by atoms with Crippen molar-refractivity contribution in [1.29, 1.82) is 0 Å². The first-order valence-corrected chi connectivity index (χ1v) is 3.75. The highest BCUT2D eigenvalue weighted by molar-refractivity contribution is 6.07. The fourth-order valence-electron chi connectivity index (χ4n) is 1.00. The molecule has 0 unspecified atom stereocenters. The van der Waals surface area contributed by atoms with Crippen LogP contribution in [0, 0.1) is 0 Å². The zero-order chi connectivity index (χ0) is 9.10. The van der Waals surface area contributed by atoms with Crippen LogP contribution in [-0.4, -0.2) is 16.2 Å². The number of hydrogen-bond donors (Lipinski definition) is 0. The molecule has 0 atom stereocenters. The molecule has 4 heteroatoms. The molecule has 1 aromatic heterocycles. The number of rotatable bonds is 2. The van der Waals surface area contributed by atoms with Crippen molar-refractivity contribution >= 4 is 5.78 Å². The maximum Gasteiger partial charge on any atom is 0.216 e. The Morgan fingerprint density at radius 3 is 2.62 bits per heavy atom. The van der Waals surface area contributed by atoms with E-state index in [0.717, 1.165) is 0 Å². The number of nitrogens with zero attached hydrogens (tertiary/aromatic N) is 2. The van der Waals surface area contributed by atoms with Crippen molar-refractivity contribution in [3.05, 3.63) is 47.9 Å². The minimum atomic E-state index is -0.179. The Kier molecular flexibility index (Phi) is 1.88. The van der Waals surface area contributed by atoms with Gasteiger partial charge in [-0.3, -0.25) is 4.79 Å². The molecule has 1 aromatic carbocycles. The Morgan fingerprint density at radius 1 is 1.23 bits per heavy atom. The molecule has 0 N–H and O–H groups in total. The first kappa shape index (κ1) is 7.67. The summed E-state index contributed by atoms with van der Waals surface area (Å²) < 4.78 is 4.48. The average Bonchev–Trinajstić information content (AvgIpc) is 2.71. The van der Waals surface area contributed by atoms with Gasteiger partial charge in [-0.2, -0.15) is 0 Å². The molecular weight excluding hydrogens is 168 g/mol. The molecule has 2 aromatic rings. The number of aromatic nitrogens is 2. The lowest BCUT2D eigenvalue weighted by Gasteiger charge is -1.93. The second kappa shape index (κ2) is 3.18. The summed E-state index contributed by atoms with van der Waals surface area (Å²) in [4.78, 5) is 11.5. The van der Waals surface area contributed by atoms with Crippen molar-refractivity contribution < 1.29 is 9.32 Å². The summed E-state index contributed by atoms with van der Waals surface area (Å²) in [5, 5.41) is 6.75. The topological polar surface area (TPSA) is 56.0 Å². The second-order valence-electron chi connectivity index (χ2n) is 2.49. The van der Waals surface area contributed by atoms with Crippen molar-refractivity contribution in [2.24, 2.45) is 0 Å². The van der Waals surface area contributed by atoms with Crippen LogP contribution in [0.15, 0.2) is 41.1 Å². The lowest BCUT2D eigenvalue weighted by molar-refractivity contribution is 0.103. The molecule has 0 fully saturated rings. The highest BCUT2D eigenvalue weighted by Crippen LogP contribution is 2.05. The third-order valence-electron chi connectivity index (χ3n) is 1.63. The van der Waals surface area contributed by atoms with E-state index in [1.54, 1.807) is 24.3 Å². The summed E-state index contributed by atoms with van der Waals surface area (Å²) >= 11 is 0. The number of benzene rings is 1. The molecule has 0 bridgehead atoms. The van der Waals surface area contributed by atoms with E-state index < -0.39 is 0 Å². The number of carbonyl (C=O) groups excluding carboxylic acids is 1. The molecule has 0 aliphatic rings. The highest BCUT2D eigenvalue weighted by Gasteiger charge is 2.11. The van der Waals surface area contributed by atoms with Crippen molar-refractivity contribution in [3.8, 4) is 0 Å². The van der Waals surface area contributed by atoms with Crippen LogP contribution in [0.4, 0.5) is 0 Å². The standard InChI is InChI=1S/C9H6N2O2/c12-9(8-6-13-11-10-8)7-4-2-1-3-5-7/h1-6H. The van der Waals surface area contributed by atoms with E-state index in [0.29, 0.717) is 5.56 Å². The molecule has 64 valence electrons. The maximum absolute atomic E-state index is 11.5. The first-order chi connectivity index (χ1) is 6.38. The van der Waals surface area contributed by atoms with Crippen LogP contribution in [0.1, 0.15) is 16.1 Å². The number of hydrogen-bond acceptors (Lipinski definition) is 4. The average molecular weight is 174 g/mol. The Labute approximate surface area is 74.2 Å². The van der Waals surface area contributed by atoms with Gasteiger partial charge in [0.25, 0.3) is 0 Å². The van der Waals surface area contributed by atoms with Crippen LogP contribution in [0.25, 0.3) is 0 Å². The van der Waals surface area contributed by atoms with E-state index in [9.17, 15) is 4.79 Å². The summed E-state index contributed by atoms with van der Waals surface area (Å²) in [6.45, 7) is 0. The molecule has 0 aliphatic carbocycles. The predicted octanol–water partition coefficient (Wildman–Crippen LogP) is 1.30. The third kappa shape index (κ3) is 1.46. The Hall–Kier alpha value is -1.97. The van der Waals surface area contributed by atoms with Crippen molar-refractivity contribution in [2.75, 3.05) is 0 Å². The van der Waals surface area contributed by atoms with Gasteiger partial charge in [0.15, 0.2) is 12.0 Å². The van der Waals surface area contributed by atoms with Gasteiger partial charge in [-0.25, -0.2) is 0 Å². The molecule has 0 saturated heterocycles. The quantitative estimate of drug-likeness (QED) is 0.644. The van der Waals surface area contributed by atoms with Gasteiger partial charge in [0, 0.05) is 10.8 Å². The largest absolute Gasteiger partial charge is 0.345 e. The highest BCUT2D eigenvalue weighted by atomic mass is 16.5. The van der Waals surface area contributed by atoms with Crippen LogP contribution in [0.3, 0.4) is 0 Å². The van der Waals surface area contributed by atoms with E-state index in [4.69, 9.17) is 0 Å². The lowest BCUT2D eigenvalue weighted by Crippen LogP contribution is -2.00. The zero-order valence-corrected chi connectivity index (χ0v) is 6.68. The van der Waals surface area contributed by atoms with Crippen LogP contribution in [0.5, 0.6) is 0 Å². The minimum absolute atomic E-state index is 0.179. The fourth-order valence-corrected chi connectivity index (χ4v) is 1.00. The second-order valence-corrected chi connectivity index (χ2v) is 2.49. The van der Waals surface area contributed by atoms with Gasteiger partial charge in [-0.1, -0.05) is 30.3 Å². The molecule has 0 amide bonds. The summed E-state index contributed by atoms with van der Waals surface area (Å²) in [5.74, 6) is -0.179. The van der Waals surface area contributed by atoms with Gasteiger partial charge in [-0.15, -0.1) is 5.10 Å². The molecule has 1 heterocycles. The van der Waals surface area contributed by atoms with Gasteiger partial charge >= 0.3 is 0 Å². The van der Waals surface area contributed by atoms with Crippen LogP contribution in [0.2, 0.25) is 0 Å². The molecule has 0 radical (unpaired) electrons. The normalized spacial score (nSPS) is 9.85. The van der Waals surface area contributed by atoms with Gasteiger partial charge in [0.1, 0.15) is 0 Å². The van der Waals surface area contributed by atoms with Crippen molar-refractivity contribution in [3.63, 3.8) is 0 Å². The Bertz CT molecular complexity index is 395. The van der Waals surface area contributed by atoms with Crippen molar-refractivity contribution in [2.45, 2.75) is 0 Å². The van der Waals surface area contributed by atoms with Crippen LogP contribution in [-0.2, 0) is 0 Å². The van der Waals surface area contributed by atoms with Crippen molar-refractivity contribution in [1.82, 2.24) is 10.4 Å². The zero-order valence-electron chi connectivity index (χ0n) is 6.68. The summed E-state index contributed by atoms with van der Waals surface area (Å²) in [6, 6.07) is 8.87. The van der Waals surface area contributed by atoms with E-state index in [1.807, 2.05) is 6.07 Å². The van der Waals surface area contributed by atoms with E-state index in [-0.39, 0.29) is 11.5 Å². The van der Waals surface area contributed by atoms with E-state index in [2.05, 4.69) is 14.9 Å². The smallest absolute Gasteiger partial charge is 0.216 e. The molecule has 0 saturated carbocycles. The Morgan fingerprint density at radius 2 is 2.00 bits per heavy atom. The fraction of sp³-hybridized carbons (Fsp3) is 0. The first-order valence-electron chi connectivity index (χ1n) is 3.75. The number of ketones is 1. The molecule has 0 spiro atoms. The van der Waals surface area contributed by atoms with Gasteiger partial charge in [-0.05, 0) is 0 Å². The summed E-state index contributed by atoms with van der Waals surface area (Å²) in [7, 11) is 0.